The average molecular weight is 450 g/mol. The maximum Gasteiger partial charge on any atom is 0.220 e. The second-order valence-electron chi connectivity index (χ2n) is 7.82. The summed E-state index contributed by atoms with van der Waals surface area (Å²) in [6, 6.07) is 13.7. The number of oxazole rings is 1. The summed E-state index contributed by atoms with van der Waals surface area (Å²) in [4.78, 5) is 16.2. The Morgan fingerprint density at radius 2 is 1.79 bits per heavy atom. The lowest BCUT2D eigenvalue weighted by Gasteiger charge is -2.07. The van der Waals surface area contributed by atoms with Crippen molar-refractivity contribution in [1.29, 1.82) is 0 Å². The minimum atomic E-state index is -0.724. The molecule has 2 aromatic carbocycles. The highest BCUT2D eigenvalue weighted by molar-refractivity contribution is 5.76. The van der Waals surface area contributed by atoms with Crippen LogP contribution < -0.4 is 5.32 Å². The maximum absolute atomic E-state index is 13.9. The van der Waals surface area contributed by atoms with Crippen LogP contribution in [0.5, 0.6) is 0 Å². The molecule has 0 aliphatic carbocycles. The van der Waals surface area contributed by atoms with Crippen LogP contribution in [0.2, 0.25) is 0 Å². The zero-order chi connectivity index (χ0) is 23.4. The summed E-state index contributed by atoms with van der Waals surface area (Å²) in [6.45, 7) is 4.47. The monoisotopic (exact) mass is 450 g/mol. The van der Waals surface area contributed by atoms with Gasteiger partial charge in [-0.3, -0.25) is 4.79 Å². The highest BCUT2D eigenvalue weighted by Crippen LogP contribution is 2.26. The van der Waals surface area contributed by atoms with Crippen molar-refractivity contribution in [2.45, 2.75) is 33.1 Å². The van der Waals surface area contributed by atoms with E-state index in [1.807, 2.05) is 48.9 Å². The zero-order valence-corrected chi connectivity index (χ0v) is 18.4. The third kappa shape index (κ3) is 5.34. The normalized spacial score (nSPS) is 11.0. The molecule has 0 spiro atoms. The van der Waals surface area contributed by atoms with Gasteiger partial charge < -0.3 is 9.73 Å². The van der Waals surface area contributed by atoms with E-state index in [-0.39, 0.29) is 36.0 Å². The molecular formula is C25H24F2N4O2. The maximum atomic E-state index is 13.9. The number of carbonyl (C=O) groups excluding carboxylic acids is 1. The summed E-state index contributed by atoms with van der Waals surface area (Å²) < 4.78 is 35.1. The van der Waals surface area contributed by atoms with E-state index >= 15 is 0 Å². The largest absolute Gasteiger partial charge is 0.441 e. The van der Waals surface area contributed by atoms with Crippen molar-refractivity contribution in [3.8, 4) is 17.0 Å². The van der Waals surface area contributed by atoms with Crippen LogP contribution in [0.1, 0.15) is 29.3 Å². The molecule has 2 aromatic heterocycles. The lowest BCUT2D eigenvalue weighted by molar-refractivity contribution is -0.121. The highest BCUT2D eigenvalue weighted by atomic mass is 19.1. The third-order valence-electron chi connectivity index (χ3n) is 5.26. The summed E-state index contributed by atoms with van der Waals surface area (Å²) in [5.74, 6) is -1.34. The van der Waals surface area contributed by atoms with Gasteiger partial charge in [0, 0.05) is 25.1 Å². The van der Waals surface area contributed by atoms with Crippen LogP contribution in [0.4, 0.5) is 8.78 Å². The molecular weight excluding hydrogens is 426 g/mol. The minimum Gasteiger partial charge on any atom is -0.441 e. The van der Waals surface area contributed by atoms with E-state index in [1.165, 1.54) is 12.3 Å². The van der Waals surface area contributed by atoms with Gasteiger partial charge in [0.25, 0.3) is 0 Å². The Hall–Kier alpha value is -3.81. The van der Waals surface area contributed by atoms with Crippen LogP contribution in [-0.4, -0.2) is 27.2 Å². The molecule has 1 N–H and O–H groups in total. The fourth-order valence-corrected chi connectivity index (χ4v) is 3.62. The van der Waals surface area contributed by atoms with Gasteiger partial charge in [0.2, 0.25) is 5.91 Å². The molecule has 8 heteroatoms. The molecule has 0 atom stereocenters. The topological polar surface area (TPSA) is 73.0 Å². The number of benzene rings is 2. The first kappa shape index (κ1) is 22.4. The van der Waals surface area contributed by atoms with Crippen LogP contribution in [0.15, 0.2) is 59.1 Å². The van der Waals surface area contributed by atoms with Crippen molar-refractivity contribution >= 4 is 5.91 Å². The lowest BCUT2D eigenvalue weighted by Crippen LogP contribution is -2.25. The first-order valence-electron chi connectivity index (χ1n) is 10.7. The van der Waals surface area contributed by atoms with Gasteiger partial charge in [-0.15, -0.1) is 0 Å². The number of aryl methyl sites for hydroxylation is 3. The second-order valence-corrected chi connectivity index (χ2v) is 7.82. The van der Waals surface area contributed by atoms with E-state index in [1.54, 1.807) is 0 Å². The standard InChI is InChI=1S/C25H24F2N4O2/c1-16-14-17(2)31(30-16)19-8-6-18(7-9-19)12-13-28-23(32)10-11-24-29-15-22(33-24)25-20(26)4-3-5-21(25)27/h3-9,14-15H,10-13H2,1-2H3,(H,28,32). The van der Waals surface area contributed by atoms with Crippen molar-refractivity contribution < 1.29 is 18.0 Å². The van der Waals surface area contributed by atoms with E-state index in [4.69, 9.17) is 4.42 Å². The summed E-state index contributed by atoms with van der Waals surface area (Å²) >= 11 is 0. The van der Waals surface area contributed by atoms with Crippen LogP contribution in [-0.2, 0) is 17.6 Å². The van der Waals surface area contributed by atoms with E-state index in [2.05, 4.69) is 15.4 Å². The molecule has 170 valence electrons. The molecule has 0 unspecified atom stereocenters. The quantitative estimate of drug-likeness (QED) is 0.422. The predicted molar refractivity (Wildman–Crippen MR) is 120 cm³/mol. The molecule has 4 rings (SSSR count). The van der Waals surface area contributed by atoms with Gasteiger partial charge in [-0.05, 0) is 56.2 Å². The van der Waals surface area contributed by atoms with Crippen molar-refractivity contribution in [3.63, 3.8) is 0 Å². The van der Waals surface area contributed by atoms with Gasteiger partial charge in [0.1, 0.15) is 11.6 Å². The van der Waals surface area contributed by atoms with Gasteiger partial charge in [0.05, 0.1) is 23.1 Å². The molecule has 0 fully saturated rings. The van der Waals surface area contributed by atoms with Crippen molar-refractivity contribution in [2.75, 3.05) is 6.54 Å². The second kappa shape index (κ2) is 9.77. The average Bonchev–Trinajstić information content (AvgIpc) is 3.38. The molecule has 1 amide bonds. The van der Waals surface area contributed by atoms with Gasteiger partial charge in [0.15, 0.2) is 11.7 Å². The lowest BCUT2D eigenvalue weighted by atomic mass is 10.1. The van der Waals surface area contributed by atoms with E-state index in [9.17, 15) is 13.6 Å². The number of carbonyl (C=O) groups is 1. The Labute approximate surface area is 190 Å². The van der Waals surface area contributed by atoms with Gasteiger partial charge in [-0.2, -0.15) is 5.10 Å². The number of rotatable bonds is 8. The SMILES string of the molecule is Cc1cc(C)n(-c2ccc(CCNC(=O)CCc3ncc(-c4c(F)cccc4F)o3)cc2)n1. The molecule has 2 heterocycles. The van der Waals surface area contributed by atoms with Gasteiger partial charge in [-0.25, -0.2) is 18.4 Å². The van der Waals surface area contributed by atoms with Crippen molar-refractivity contribution in [3.05, 3.63) is 89.2 Å². The molecule has 33 heavy (non-hydrogen) atoms. The first-order chi connectivity index (χ1) is 15.9. The number of hydrogen-bond donors (Lipinski definition) is 1. The van der Waals surface area contributed by atoms with Crippen LogP contribution in [0.25, 0.3) is 17.0 Å². The molecule has 0 aliphatic heterocycles. The number of halogens is 2. The van der Waals surface area contributed by atoms with Crippen molar-refractivity contribution in [2.24, 2.45) is 0 Å². The smallest absolute Gasteiger partial charge is 0.220 e. The fraction of sp³-hybridized carbons (Fsp3) is 0.240. The number of amides is 1. The van der Waals surface area contributed by atoms with Crippen LogP contribution in [0, 0.1) is 25.5 Å². The molecule has 0 saturated heterocycles. The molecule has 6 nitrogen and oxygen atoms in total. The Balaban J connectivity index is 1.24. The van der Waals surface area contributed by atoms with E-state index in [0.717, 1.165) is 34.8 Å². The zero-order valence-electron chi connectivity index (χ0n) is 18.4. The summed E-state index contributed by atoms with van der Waals surface area (Å²) in [5, 5.41) is 7.35. The predicted octanol–water partition coefficient (Wildman–Crippen LogP) is 4.71. The van der Waals surface area contributed by atoms with Crippen LogP contribution >= 0.6 is 0 Å². The number of nitrogens with one attached hydrogen (secondary N) is 1. The van der Waals surface area contributed by atoms with E-state index in [0.29, 0.717) is 13.0 Å². The molecule has 0 radical (unpaired) electrons. The molecule has 0 aliphatic rings. The van der Waals surface area contributed by atoms with Crippen LogP contribution in [0.3, 0.4) is 0 Å². The Morgan fingerprint density at radius 3 is 2.45 bits per heavy atom. The van der Waals surface area contributed by atoms with Gasteiger partial charge >= 0.3 is 0 Å². The van der Waals surface area contributed by atoms with Crippen molar-refractivity contribution in [1.82, 2.24) is 20.1 Å². The molecule has 0 saturated carbocycles. The first-order valence-corrected chi connectivity index (χ1v) is 10.7. The van der Waals surface area contributed by atoms with E-state index < -0.39 is 11.6 Å². The third-order valence-corrected chi connectivity index (χ3v) is 5.26. The minimum absolute atomic E-state index is 0.00456. The molecule has 0 bridgehead atoms. The summed E-state index contributed by atoms with van der Waals surface area (Å²) in [5.41, 5.74) is 3.88. The Bertz CT molecular complexity index is 1240. The number of aromatic nitrogens is 3. The summed E-state index contributed by atoms with van der Waals surface area (Å²) in [7, 11) is 0. The molecule has 4 aromatic rings. The summed E-state index contributed by atoms with van der Waals surface area (Å²) in [6.07, 6.45) is 2.36. The fourth-order valence-electron chi connectivity index (χ4n) is 3.62. The number of hydrogen-bond acceptors (Lipinski definition) is 4. The Morgan fingerprint density at radius 1 is 1.06 bits per heavy atom. The Kier molecular flexibility index (Phi) is 6.63. The number of nitrogens with zero attached hydrogens (tertiary/aromatic N) is 3. The van der Waals surface area contributed by atoms with Gasteiger partial charge in [-0.1, -0.05) is 18.2 Å². The highest BCUT2D eigenvalue weighted by Gasteiger charge is 2.16.